The number of carbonyl (C=O) groups is 2. The average molecular weight is 277 g/mol. The Bertz CT molecular complexity index is 510. The van der Waals surface area contributed by atoms with Crippen molar-refractivity contribution in [3.05, 3.63) is 29.8 Å². The number of anilines is 1. The van der Waals surface area contributed by atoms with Crippen LogP contribution in [0.3, 0.4) is 0 Å². The Hall–Kier alpha value is -1.92. The molecule has 6 heteroatoms. The highest BCUT2D eigenvalue weighted by Gasteiger charge is 2.39. The second kappa shape index (κ2) is 6.02. The number of nitrogens with two attached hydrogens (primary N) is 2. The third-order valence-electron chi connectivity index (χ3n) is 3.76. The van der Waals surface area contributed by atoms with Crippen molar-refractivity contribution >= 4 is 17.5 Å². The first-order valence-corrected chi connectivity index (χ1v) is 6.57. The van der Waals surface area contributed by atoms with Crippen LogP contribution in [0.2, 0.25) is 0 Å². The molecule has 1 heterocycles. The van der Waals surface area contributed by atoms with Crippen LogP contribution in [0.1, 0.15) is 23.2 Å². The van der Waals surface area contributed by atoms with E-state index in [9.17, 15) is 9.59 Å². The Morgan fingerprint density at radius 1 is 1.25 bits per heavy atom. The normalized spacial score (nSPS) is 17.4. The predicted octanol–water partition coefficient (Wildman–Crippen LogP) is 0.479. The summed E-state index contributed by atoms with van der Waals surface area (Å²) in [6.45, 7) is 1.28. The van der Waals surface area contributed by atoms with Crippen LogP contribution in [-0.2, 0) is 9.53 Å². The number of nitrogens with one attached hydrogen (secondary N) is 1. The molecule has 20 heavy (non-hydrogen) atoms. The molecular formula is C14H19N3O3. The summed E-state index contributed by atoms with van der Waals surface area (Å²) in [7, 11) is 0. The number of rotatable bonds is 4. The molecule has 5 N–H and O–H groups in total. The van der Waals surface area contributed by atoms with Gasteiger partial charge in [-0.25, -0.2) is 0 Å². The molecule has 2 amide bonds. The van der Waals surface area contributed by atoms with E-state index in [0.717, 1.165) is 0 Å². The van der Waals surface area contributed by atoms with E-state index in [2.05, 4.69) is 5.32 Å². The highest BCUT2D eigenvalue weighted by atomic mass is 16.5. The number of primary amides is 1. The van der Waals surface area contributed by atoms with E-state index in [1.807, 2.05) is 0 Å². The Labute approximate surface area is 117 Å². The molecule has 0 atom stereocenters. The van der Waals surface area contributed by atoms with Crippen LogP contribution in [0.25, 0.3) is 0 Å². The van der Waals surface area contributed by atoms with Gasteiger partial charge in [-0.2, -0.15) is 0 Å². The van der Waals surface area contributed by atoms with Crippen molar-refractivity contribution in [2.45, 2.75) is 12.8 Å². The zero-order valence-electron chi connectivity index (χ0n) is 11.2. The smallest absolute Gasteiger partial charge is 0.250 e. The van der Waals surface area contributed by atoms with Crippen molar-refractivity contribution in [2.24, 2.45) is 16.9 Å². The van der Waals surface area contributed by atoms with Crippen LogP contribution in [0, 0.1) is 5.41 Å². The van der Waals surface area contributed by atoms with Crippen molar-refractivity contribution in [1.29, 1.82) is 0 Å². The number of hydrogen-bond donors (Lipinski definition) is 3. The van der Waals surface area contributed by atoms with Gasteiger partial charge in [-0.1, -0.05) is 12.1 Å². The SMILES string of the molecule is NCC1(C(=O)Nc2ccccc2C(N)=O)CCOCC1. The minimum atomic E-state index is -0.636. The van der Waals surface area contributed by atoms with E-state index >= 15 is 0 Å². The van der Waals surface area contributed by atoms with E-state index in [-0.39, 0.29) is 12.5 Å². The molecule has 1 saturated heterocycles. The fourth-order valence-corrected chi connectivity index (χ4v) is 2.35. The lowest BCUT2D eigenvalue weighted by Gasteiger charge is -2.34. The number of benzene rings is 1. The second-order valence-electron chi connectivity index (χ2n) is 4.96. The number of para-hydroxylation sites is 1. The van der Waals surface area contributed by atoms with Crippen molar-refractivity contribution in [3.63, 3.8) is 0 Å². The number of hydrogen-bond acceptors (Lipinski definition) is 4. The summed E-state index contributed by atoms with van der Waals surface area (Å²) < 4.78 is 5.28. The zero-order chi connectivity index (χ0) is 14.6. The summed E-state index contributed by atoms with van der Waals surface area (Å²) in [5.41, 5.74) is 11.2. The van der Waals surface area contributed by atoms with Crippen LogP contribution in [0.5, 0.6) is 0 Å². The summed E-state index contributed by atoms with van der Waals surface area (Å²) in [5, 5.41) is 2.78. The minimum Gasteiger partial charge on any atom is -0.381 e. The topological polar surface area (TPSA) is 107 Å². The first kappa shape index (κ1) is 14.5. The number of carbonyl (C=O) groups excluding carboxylic acids is 2. The van der Waals surface area contributed by atoms with Gasteiger partial charge in [0.15, 0.2) is 0 Å². The third-order valence-corrected chi connectivity index (χ3v) is 3.76. The second-order valence-corrected chi connectivity index (χ2v) is 4.96. The standard InChI is InChI=1S/C14H19N3O3/c15-9-14(5-7-20-8-6-14)13(19)17-11-4-2-1-3-10(11)12(16)18/h1-4H,5-9,15H2,(H2,16,18)(H,17,19). The summed E-state index contributed by atoms with van der Waals surface area (Å²) in [6.07, 6.45) is 1.15. The highest BCUT2D eigenvalue weighted by molar-refractivity contribution is 6.04. The Balaban J connectivity index is 2.20. The lowest BCUT2D eigenvalue weighted by molar-refractivity contribution is -0.130. The molecule has 1 aliphatic heterocycles. The van der Waals surface area contributed by atoms with Gasteiger partial charge >= 0.3 is 0 Å². The molecule has 1 aliphatic rings. The molecule has 0 aromatic heterocycles. The summed E-state index contributed by atoms with van der Waals surface area (Å²) in [6, 6.07) is 6.67. The van der Waals surface area contributed by atoms with Crippen LogP contribution < -0.4 is 16.8 Å². The maximum absolute atomic E-state index is 12.5. The van der Waals surface area contributed by atoms with Gasteiger partial charge < -0.3 is 21.5 Å². The van der Waals surface area contributed by atoms with Crippen LogP contribution in [0.4, 0.5) is 5.69 Å². The predicted molar refractivity (Wildman–Crippen MR) is 75.1 cm³/mol. The number of amides is 2. The van der Waals surface area contributed by atoms with Crippen LogP contribution in [0.15, 0.2) is 24.3 Å². The molecule has 108 valence electrons. The maximum Gasteiger partial charge on any atom is 0.250 e. The van der Waals surface area contributed by atoms with Gasteiger partial charge in [0.2, 0.25) is 5.91 Å². The molecule has 2 rings (SSSR count). The quantitative estimate of drug-likeness (QED) is 0.744. The van der Waals surface area contributed by atoms with Gasteiger partial charge in [-0.3, -0.25) is 9.59 Å². The molecular weight excluding hydrogens is 258 g/mol. The summed E-state index contributed by atoms with van der Waals surface area (Å²) in [4.78, 5) is 23.9. The lowest BCUT2D eigenvalue weighted by Crippen LogP contribution is -2.46. The van der Waals surface area contributed by atoms with E-state index in [1.165, 1.54) is 0 Å². The van der Waals surface area contributed by atoms with Gasteiger partial charge in [0.05, 0.1) is 16.7 Å². The summed E-state index contributed by atoms with van der Waals surface area (Å²) in [5.74, 6) is -0.758. The first-order chi connectivity index (χ1) is 9.59. The van der Waals surface area contributed by atoms with Gasteiger partial charge in [0.1, 0.15) is 0 Å². The van der Waals surface area contributed by atoms with Crippen LogP contribution >= 0.6 is 0 Å². The summed E-state index contributed by atoms with van der Waals surface area (Å²) >= 11 is 0. The molecule has 6 nitrogen and oxygen atoms in total. The fraction of sp³-hybridized carbons (Fsp3) is 0.429. The molecule has 0 bridgehead atoms. The van der Waals surface area contributed by atoms with Gasteiger partial charge in [0.25, 0.3) is 5.91 Å². The van der Waals surface area contributed by atoms with E-state index in [4.69, 9.17) is 16.2 Å². The molecule has 1 fully saturated rings. The molecule has 0 unspecified atom stereocenters. The van der Waals surface area contributed by atoms with Crippen molar-refractivity contribution < 1.29 is 14.3 Å². The Kier molecular flexibility index (Phi) is 4.36. The van der Waals surface area contributed by atoms with Gasteiger partial charge in [-0.15, -0.1) is 0 Å². The zero-order valence-corrected chi connectivity index (χ0v) is 11.2. The van der Waals surface area contributed by atoms with Crippen LogP contribution in [-0.4, -0.2) is 31.6 Å². The third kappa shape index (κ3) is 2.81. The monoisotopic (exact) mass is 277 g/mol. The largest absolute Gasteiger partial charge is 0.381 e. The van der Waals surface area contributed by atoms with Crippen molar-refractivity contribution in [1.82, 2.24) is 0 Å². The molecule has 0 aliphatic carbocycles. The van der Waals surface area contributed by atoms with Crippen molar-refractivity contribution in [2.75, 3.05) is 25.1 Å². The molecule has 0 radical (unpaired) electrons. The molecule has 1 aromatic carbocycles. The fourth-order valence-electron chi connectivity index (χ4n) is 2.35. The van der Waals surface area contributed by atoms with E-state index in [0.29, 0.717) is 37.3 Å². The molecule has 0 saturated carbocycles. The minimum absolute atomic E-state index is 0.183. The Morgan fingerprint density at radius 3 is 2.50 bits per heavy atom. The first-order valence-electron chi connectivity index (χ1n) is 6.57. The van der Waals surface area contributed by atoms with Gasteiger partial charge in [0, 0.05) is 19.8 Å². The van der Waals surface area contributed by atoms with Gasteiger partial charge in [-0.05, 0) is 25.0 Å². The molecule has 0 spiro atoms. The average Bonchev–Trinajstić information content (AvgIpc) is 2.48. The Morgan fingerprint density at radius 2 is 1.90 bits per heavy atom. The number of ether oxygens (including phenoxy) is 1. The molecule has 1 aromatic rings. The maximum atomic E-state index is 12.5. The van der Waals surface area contributed by atoms with E-state index in [1.54, 1.807) is 24.3 Å². The van der Waals surface area contributed by atoms with E-state index < -0.39 is 11.3 Å². The lowest BCUT2D eigenvalue weighted by atomic mass is 9.79. The van der Waals surface area contributed by atoms with Crippen molar-refractivity contribution in [3.8, 4) is 0 Å². The highest BCUT2D eigenvalue weighted by Crippen LogP contribution is 2.31.